The van der Waals surface area contributed by atoms with Crippen LogP contribution in [0.3, 0.4) is 0 Å². The van der Waals surface area contributed by atoms with Crippen molar-refractivity contribution in [2.45, 2.75) is 99.2 Å². The van der Waals surface area contributed by atoms with E-state index in [0.717, 1.165) is 77.7 Å². The normalized spacial score (nSPS) is 43.9. The number of halogens is 1. The summed E-state index contributed by atoms with van der Waals surface area (Å²) in [6.45, 7) is 3.58. The number of likely N-dealkylation sites (N-methyl/N-ethyl adjacent to an activating group) is 1. The Labute approximate surface area is 212 Å². The molecule has 1 amide bonds. The minimum Gasteiger partial charge on any atom is -0.378 e. The average molecular weight is 543 g/mol. The highest BCUT2D eigenvalue weighted by Crippen LogP contribution is 2.37. The zero-order valence-electron chi connectivity index (χ0n) is 20.5. The topological polar surface area (TPSA) is 102 Å². The Balaban J connectivity index is 1.07. The second-order valence-electron chi connectivity index (χ2n) is 11.0. The van der Waals surface area contributed by atoms with Crippen molar-refractivity contribution >= 4 is 21.8 Å². The second-order valence-corrected chi connectivity index (χ2v) is 12.3. The van der Waals surface area contributed by atoms with E-state index in [4.69, 9.17) is 4.74 Å². The van der Waals surface area contributed by atoms with Crippen LogP contribution < -0.4 is 32.1 Å². The summed E-state index contributed by atoms with van der Waals surface area (Å²) in [4.78, 5) is 16.2. The molecule has 34 heavy (non-hydrogen) atoms. The van der Waals surface area contributed by atoms with Gasteiger partial charge in [0, 0.05) is 54.6 Å². The van der Waals surface area contributed by atoms with E-state index in [-0.39, 0.29) is 24.0 Å². The smallest absolute Gasteiger partial charge is 0.223 e. The molecule has 10 heteroatoms. The van der Waals surface area contributed by atoms with Gasteiger partial charge < -0.3 is 20.7 Å². The summed E-state index contributed by atoms with van der Waals surface area (Å²) in [5.74, 6) is 0.870. The van der Waals surface area contributed by atoms with Crippen molar-refractivity contribution in [1.82, 2.24) is 37.0 Å². The Morgan fingerprint density at radius 1 is 1.12 bits per heavy atom. The van der Waals surface area contributed by atoms with Gasteiger partial charge in [-0.3, -0.25) is 15.0 Å². The number of ether oxygens (including phenoxy) is 1. The van der Waals surface area contributed by atoms with Gasteiger partial charge in [0.1, 0.15) is 0 Å². The maximum Gasteiger partial charge on any atom is 0.223 e. The third kappa shape index (κ3) is 5.96. The predicted octanol–water partition coefficient (Wildman–Crippen LogP) is 0.573. The van der Waals surface area contributed by atoms with Crippen molar-refractivity contribution in [2.75, 3.05) is 33.4 Å². The summed E-state index contributed by atoms with van der Waals surface area (Å²) in [7, 11) is 2.19. The third-order valence-corrected chi connectivity index (χ3v) is 9.69. The molecule has 3 aliphatic heterocycles. The number of carbonyl (C=O) groups excluding carboxylic acids is 1. The van der Waals surface area contributed by atoms with E-state index < -0.39 is 0 Å². The Kier molecular flexibility index (Phi) is 8.80. The first-order chi connectivity index (χ1) is 16.6. The fraction of sp³-hybridized carbons (Fsp3) is 0.958. The molecule has 194 valence electrons. The summed E-state index contributed by atoms with van der Waals surface area (Å²) in [5, 5.41) is 14.2. The van der Waals surface area contributed by atoms with Crippen molar-refractivity contribution in [3.8, 4) is 0 Å². The Morgan fingerprint density at radius 2 is 2.03 bits per heavy atom. The largest absolute Gasteiger partial charge is 0.378 e. The van der Waals surface area contributed by atoms with Crippen LogP contribution in [0.2, 0.25) is 0 Å². The molecule has 6 N–H and O–H groups in total. The van der Waals surface area contributed by atoms with Crippen molar-refractivity contribution in [3.63, 3.8) is 0 Å². The number of hydrazine groups is 1. The number of nitrogens with one attached hydrogen (secondary N) is 6. The third-order valence-electron chi connectivity index (χ3n) is 8.86. The molecular weight excluding hydrogens is 498 g/mol. The lowest BCUT2D eigenvalue weighted by Gasteiger charge is -2.43. The molecule has 8 unspecified atom stereocenters. The maximum atomic E-state index is 13.2. The number of hydrogen-bond donors (Lipinski definition) is 6. The van der Waals surface area contributed by atoms with Gasteiger partial charge in [0.25, 0.3) is 0 Å². The van der Waals surface area contributed by atoms with Crippen LogP contribution in [0, 0.1) is 11.8 Å². The van der Waals surface area contributed by atoms with Gasteiger partial charge in [-0.2, -0.15) is 0 Å². The summed E-state index contributed by atoms with van der Waals surface area (Å²) in [6, 6.07) is 1.13. The van der Waals surface area contributed by atoms with Crippen LogP contribution in [0.1, 0.15) is 57.8 Å². The minimum absolute atomic E-state index is 0.124. The molecule has 3 saturated heterocycles. The van der Waals surface area contributed by atoms with Gasteiger partial charge >= 0.3 is 0 Å². The number of rotatable bonds is 6. The minimum atomic E-state index is 0.124. The molecule has 0 aromatic rings. The fourth-order valence-electron chi connectivity index (χ4n) is 6.77. The van der Waals surface area contributed by atoms with Crippen molar-refractivity contribution in [3.05, 3.63) is 0 Å². The molecule has 2 aliphatic carbocycles. The van der Waals surface area contributed by atoms with E-state index in [2.05, 4.69) is 60.0 Å². The molecule has 0 aromatic carbocycles. The first-order valence-corrected chi connectivity index (χ1v) is 14.5. The monoisotopic (exact) mass is 541 g/mol. The molecule has 2 saturated carbocycles. The maximum absolute atomic E-state index is 13.2. The van der Waals surface area contributed by atoms with Gasteiger partial charge in [-0.1, -0.05) is 22.4 Å². The predicted molar refractivity (Wildman–Crippen MR) is 136 cm³/mol. The van der Waals surface area contributed by atoms with E-state index in [1.807, 2.05) is 0 Å². The first kappa shape index (κ1) is 25.3. The van der Waals surface area contributed by atoms with Gasteiger partial charge in [0.15, 0.2) is 0 Å². The molecule has 5 aliphatic rings. The van der Waals surface area contributed by atoms with Crippen LogP contribution >= 0.6 is 15.9 Å². The lowest BCUT2D eigenvalue weighted by atomic mass is 9.78. The van der Waals surface area contributed by atoms with Crippen LogP contribution in [-0.2, 0) is 9.53 Å². The summed E-state index contributed by atoms with van der Waals surface area (Å²) < 4.78 is 6.05. The molecule has 0 bridgehead atoms. The number of alkyl halides is 1. The molecule has 5 fully saturated rings. The van der Waals surface area contributed by atoms with Crippen LogP contribution in [0.4, 0.5) is 0 Å². The van der Waals surface area contributed by atoms with Gasteiger partial charge in [-0.25, -0.2) is 10.9 Å². The zero-order valence-corrected chi connectivity index (χ0v) is 22.1. The molecule has 9 atom stereocenters. The SMILES string of the molecule is CN1C(CNC2CCCC(C(=O)N[C@H]3CCOC4CC(Br)CCC43)C2)NNC1C1CCNCN1. The number of carbonyl (C=O) groups is 1. The van der Waals surface area contributed by atoms with Gasteiger partial charge in [0.05, 0.1) is 18.4 Å². The zero-order chi connectivity index (χ0) is 23.5. The van der Waals surface area contributed by atoms with E-state index in [1.54, 1.807) is 0 Å². The number of fused-ring (bicyclic) bond motifs is 1. The van der Waals surface area contributed by atoms with Crippen molar-refractivity contribution < 1.29 is 9.53 Å². The van der Waals surface area contributed by atoms with Gasteiger partial charge in [-0.05, 0) is 65.0 Å². The van der Waals surface area contributed by atoms with Crippen LogP contribution in [0.15, 0.2) is 0 Å². The lowest BCUT2D eigenvalue weighted by Crippen LogP contribution is -2.58. The first-order valence-electron chi connectivity index (χ1n) is 13.5. The Bertz CT molecular complexity index is 682. The van der Waals surface area contributed by atoms with Gasteiger partial charge in [0.2, 0.25) is 5.91 Å². The Hall–Kier alpha value is -0.330. The number of hydrogen-bond acceptors (Lipinski definition) is 8. The van der Waals surface area contributed by atoms with Crippen LogP contribution in [0.5, 0.6) is 0 Å². The molecular formula is C24H44BrN7O2. The highest BCUT2D eigenvalue weighted by molar-refractivity contribution is 9.09. The molecule has 0 radical (unpaired) electrons. The fourth-order valence-corrected chi connectivity index (χ4v) is 7.40. The number of amides is 1. The van der Waals surface area contributed by atoms with Crippen LogP contribution in [-0.4, -0.2) is 85.6 Å². The van der Waals surface area contributed by atoms with Crippen molar-refractivity contribution in [2.24, 2.45) is 11.8 Å². The summed E-state index contributed by atoms with van der Waals surface area (Å²) in [5.41, 5.74) is 6.95. The summed E-state index contributed by atoms with van der Waals surface area (Å²) in [6.07, 6.45) is 10.5. The molecule has 9 nitrogen and oxygen atoms in total. The van der Waals surface area contributed by atoms with Crippen molar-refractivity contribution in [1.29, 1.82) is 0 Å². The average Bonchev–Trinajstić information content (AvgIpc) is 3.23. The molecule has 3 heterocycles. The van der Waals surface area contributed by atoms with E-state index >= 15 is 0 Å². The molecule has 0 spiro atoms. The Morgan fingerprint density at radius 3 is 2.88 bits per heavy atom. The molecule has 0 aromatic heterocycles. The second kappa shape index (κ2) is 11.8. The lowest BCUT2D eigenvalue weighted by molar-refractivity contribution is -0.130. The number of nitrogens with zero attached hydrogens (tertiary/aromatic N) is 1. The van der Waals surface area contributed by atoms with Gasteiger partial charge in [-0.15, -0.1) is 0 Å². The highest BCUT2D eigenvalue weighted by atomic mass is 79.9. The van der Waals surface area contributed by atoms with E-state index in [1.165, 1.54) is 6.42 Å². The van der Waals surface area contributed by atoms with E-state index in [0.29, 0.717) is 35.1 Å². The molecule has 5 rings (SSSR count). The summed E-state index contributed by atoms with van der Waals surface area (Å²) >= 11 is 3.76. The quantitative estimate of drug-likeness (QED) is 0.271. The van der Waals surface area contributed by atoms with E-state index in [9.17, 15) is 4.79 Å². The van der Waals surface area contributed by atoms with Crippen LogP contribution in [0.25, 0.3) is 0 Å². The standard InChI is InChI=1S/C24H44BrN7O2/c1-32-22(30-31-23(32)20-7-9-26-14-28-20)13-27-17-4-2-3-15(11-17)24(33)29-19-8-10-34-21-12-16(25)5-6-18(19)21/h15-23,26-28,30-31H,2-14H2,1H3,(H,29,33)/t15?,16?,17?,18?,19-,20?,21?,22?,23?/m0/s1. The highest BCUT2D eigenvalue weighted by Gasteiger charge is 2.40.